The Morgan fingerprint density at radius 3 is 1.59 bits per heavy atom. The molecule has 0 spiro atoms. The fourth-order valence-electron chi connectivity index (χ4n) is 7.48. The summed E-state index contributed by atoms with van der Waals surface area (Å²) in [6.45, 7) is 7.22. The molecule has 0 unspecified atom stereocenters. The van der Waals surface area contributed by atoms with E-state index in [1.165, 1.54) is 31.2 Å². The van der Waals surface area contributed by atoms with Crippen LogP contribution >= 0.6 is 0 Å². The maximum atomic E-state index is 14.0. The lowest BCUT2D eigenvalue weighted by Gasteiger charge is -2.28. The van der Waals surface area contributed by atoms with Crippen LogP contribution in [0.4, 0.5) is 0 Å². The molecule has 9 amide bonds. The molecule has 0 aliphatic heterocycles. The van der Waals surface area contributed by atoms with Crippen LogP contribution in [-0.2, 0) is 65.6 Å². The molecule has 0 radical (unpaired) electrons. The number of nitrogens with two attached hydrogens (primary N) is 3. The van der Waals surface area contributed by atoms with Crippen LogP contribution in [0.25, 0.3) is 0 Å². The van der Waals surface area contributed by atoms with E-state index in [4.69, 9.17) is 22.3 Å². The van der Waals surface area contributed by atoms with Crippen LogP contribution in [0.2, 0.25) is 0 Å². The Kier molecular flexibility index (Phi) is 27.6. The van der Waals surface area contributed by atoms with Gasteiger partial charge in [0.15, 0.2) is 0 Å². The molecule has 0 fully saturated rings. The van der Waals surface area contributed by atoms with Crippen molar-refractivity contribution >= 4 is 65.1 Å². The summed E-state index contributed by atoms with van der Waals surface area (Å²) in [5.74, 6) is -12.0. The monoisotopic (exact) mass is 1070 g/mol. The number of benzene rings is 2. The molecule has 26 nitrogen and oxygen atoms in total. The highest BCUT2D eigenvalue weighted by Gasteiger charge is 2.36. The van der Waals surface area contributed by atoms with E-state index in [-0.39, 0.29) is 56.7 Å². The average Bonchev–Trinajstić information content (AvgIpc) is 3.34. The van der Waals surface area contributed by atoms with Gasteiger partial charge < -0.3 is 80.2 Å². The summed E-state index contributed by atoms with van der Waals surface area (Å²) in [7, 11) is 0. The molecular formula is C50H75N11O15. The standard InChI is InChI=1S/C50H75N11O15/c1-26(2)21-37(50(75)76)59-49(74)42(28(5)62)61-46(71)35(23-30-14-16-31(63)17-15-30)55-39(65)25-54-44(69)33(13-9-10-20-51)56-45(70)34(18-19-38(53)64)57-48(73)41(27(3)4)60-47(72)36(22-29-11-7-6-8-12-29)58-43(68)32(52)24-40(66)67/h6-8,11-12,14-17,26-28,32-37,41-42,62-63H,9-10,13,18-25,51-52H2,1-5H3,(H2,53,64)(H,54,69)(H,55,65)(H,56,70)(H,57,73)(H,58,68)(H,59,74)(H,60,72)(H,61,71)(H,66,67)(H,75,76)/t28-,32+,33+,34+,35+,36+,37+,41+,42+/m1/s1. The summed E-state index contributed by atoms with van der Waals surface area (Å²) in [6.07, 6.45) is -2.75. The van der Waals surface area contributed by atoms with Crippen molar-refractivity contribution in [2.24, 2.45) is 29.0 Å². The van der Waals surface area contributed by atoms with Crippen molar-refractivity contribution in [1.82, 2.24) is 42.5 Å². The summed E-state index contributed by atoms with van der Waals surface area (Å²) < 4.78 is 0. The van der Waals surface area contributed by atoms with Crippen LogP contribution in [-0.4, -0.2) is 153 Å². The summed E-state index contributed by atoms with van der Waals surface area (Å²) in [6, 6.07) is 2.29. The van der Waals surface area contributed by atoms with Crippen LogP contribution in [0, 0.1) is 11.8 Å². The third-order valence-corrected chi connectivity index (χ3v) is 11.6. The van der Waals surface area contributed by atoms with Crippen molar-refractivity contribution < 1.29 is 73.2 Å². The quantitative estimate of drug-likeness (QED) is 0.0312. The highest BCUT2D eigenvalue weighted by molar-refractivity contribution is 5.98. The Bertz CT molecular complexity index is 2300. The first-order valence-corrected chi connectivity index (χ1v) is 24.8. The predicted molar refractivity (Wildman–Crippen MR) is 274 cm³/mol. The number of carbonyl (C=O) groups is 11. The number of phenolic OH excluding ortho intramolecular Hbond substituents is 1. The van der Waals surface area contributed by atoms with E-state index in [9.17, 15) is 68.1 Å². The average molecular weight is 1070 g/mol. The number of primary amides is 1. The summed E-state index contributed by atoms with van der Waals surface area (Å²) >= 11 is 0. The first-order valence-electron chi connectivity index (χ1n) is 24.8. The number of phenols is 1. The Balaban J connectivity index is 2.35. The van der Waals surface area contributed by atoms with E-state index in [2.05, 4.69) is 42.5 Å². The van der Waals surface area contributed by atoms with Gasteiger partial charge in [0.25, 0.3) is 0 Å². The fraction of sp³-hybridized carbons (Fsp3) is 0.540. The van der Waals surface area contributed by atoms with Gasteiger partial charge in [-0.15, -0.1) is 0 Å². The second-order valence-corrected chi connectivity index (χ2v) is 19.1. The molecule has 18 N–H and O–H groups in total. The van der Waals surface area contributed by atoms with Crippen molar-refractivity contribution in [1.29, 1.82) is 0 Å². The van der Waals surface area contributed by atoms with Crippen LogP contribution in [0.3, 0.4) is 0 Å². The number of aliphatic hydroxyl groups is 1. The molecule has 76 heavy (non-hydrogen) atoms. The van der Waals surface area contributed by atoms with Crippen LogP contribution in [0.1, 0.15) is 90.7 Å². The van der Waals surface area contributed by atoms with Gasteiger partial charge in [-0.3, -0.25) is 47.9 Å². The summed E-state index contributed by atoms with van der Waals surface area (Å²) in [5, 5.41) is 58.8. The van der Waals surface area contributed by atoms with E-state index in [1.54, 1.807) is 58.0 Å². The minimum atomic E-state index is -1.68. The molecule has 0 aliphatic carbocycles. The van der Waals surface area contributed by atoms with Gasteiger partial charge in [-0.05, 0) is 80.7 Å². The van der Waals surface area contributed by atoms with Gasteiger partial charge in [-0.2, -0.15) is 0 Å². The van der Waals surface area contributed by atoms with Crippen LogP contribution in [0.5, 0.6) is 5.75 Å². The molecule has 0 saturated carbocycles. The summed E-state index contributed by atoms with van der Waals surface area (Å²) in [4.78, 5) is 144. The molecular weight excluding hydrogens is 995 g/mol. The first-order chi connectivity index (χ1) is 35.7. The molecule has 0 saturated heterocycles. The molecule has 420 valence electrons. The second-order valence-electron chi connectivity index (χ2n) is 19.1. The summed E-state index contributed by atoms with van der Waals surface area (Å²) in [5.41, 5.74) is 17.9. The lowest BCUT2D eigenvalue weighted by atomic mass is 9.99. The van der Waals surface area contributed by atoms with Crippen LogP contribution < -0.4 is 59.7 Å². The third kappa shape index (κ3) is 23.7. The smallest absolute Gasteiger partial charge is 0.326 e. The zero-order valence-electron chi connectivity index (χ0n) is 43.3. The van der Waals surface area contributed by atoms with Gasteiger partial charge in [-0.25, -0.2) is 4.79 Å². The lowest BCUT2D eigenvalue weighted by molar-refractivity contribution is -0.143. The van der Waals surface area contributed by atoms with E-state index < -0.39 is 145 Å². The number of aliphatic hydroxyl groups excluding tert-OH is 1. The molecule has 0 aliphatic rings. The first kappa shape index (κ1) is 64.4. The number of aromatic hydroxyl groups is 1. The number of carbonyl (C=O) groups excluding carboxylic acids is 9. The minimum Gasteiger partial charge on any atom is -0.508 e. The number of nitrogens with one attached hydrogen (secondary N) is 8. The number of amides is 9. The van der Waals surface area contributed by atoms with Crippen molar-refractivity contribution in [3.8, 4) is 5.75 Å². The maximum absolute atomic E-state index is 14.0. The second kappa shape index (κ2) is 32.6. The SMILES string of the molecule is CC(C)C[C@H](NC(=O)[C@@H](NC(=O)[C@H](Cc1ccc(O)cc1)NC(=O)CNC(=O)[C@H](CCCCN)NC(=O)[C@H](CCC(N)=O)NC(=O)[C@@H](NC(=O)[C@H](Cc1ccccc1)NC(=O)[C@@H](N)CC(=O)O)C(C)C)[C@@H](C)O)C(=O)O. The Labute approximate surface area is 440 Å². The topological polar surface area (TPSA) is 443 Å². The Morgan fingerprint density at radius 1 is 0.566 bits per heavy atom. The number of carboxylic acid groups (broad SMARTS) is 2. The number of unbranched alkanes of at least 4 members (excludes halogenated alkanes) is 1. The number of carboxylic acids is 2. The molecule has 9 atom stereocenters. The van der Waals surface area contributed by atoms with Gasteiger partial charge in [-0.1, -0.05) is 70.2 Å². The normalized spacial score (nSPS) is 14.7. The maximum Gasteiger partial charge on any atom is 0.326 e. The Morgan fingerprint density at radius 2 is 1.07 bits per heavy atom. The van der Waals surface area contributed by atoms with E-state index in [0.29, 0.717) is 17.5 Å². The number of aliphatic carboxylic acids is 2. The number of hydrogen-bond acceptors (Lipinski definition) is 15. The van der Waals surface area contributed by atoms with Gasteiger partial charge in [0.1, 0.15) is 48.0 Å². The molecule has 2 aromatic rings. The number of rotatable bonds is 34. The zero-order valence-corrected chi connectivity index (χ0v) is 43.3. The van der Waals surface area contributed by atoms with Gasteiger partial charge >= 0.3 is 11.9 Å². The van der Waals surface area contributed by atoms with E-state index in [1.807, 2.05) is 0 Å². The molecule has 2 aromatic carbocycles. The largest absolute Gasteiger partial charge is 0.508 e. The molecule has 0 heterocycles. The van der Waals surface area contributed by atoms with Crippen molar-refractivity contribution in [2.75, 3.05) is 13.1 Å². The fourth-order valence-corrected chi connectivity index (χ4v) is 7.48. The van der Waals surface area contributed by atoms with Crippen molar-refractivity contribution in [3.05, 3.63) is 65.7 Å². The van der Waals surface area contributed by atoms with E-state index >= 15 is 0 Å². The highest BCUT2D eigenvalue weighted by atomic mass is 16.4. The lowest BCUT2D eigenvalue weighted by Crippen LogP contribution is -2.60. The number of hydrogen-bond donors (Lipinski definition) is 15. The zero-order chi connectivity index (χ0) is 57.2. The van der Waals surface area contributed by atoms with Gasteiger partial charge in [0.05, 0.1) is 25.1 Å². The third-order valence-electron chi connectivity index (χ3n) is 11.6. The van der Waals surface area contributed by atoms with E-state index in [0.717, 1.165) is 0 Å². The van der Waals surface area contributed by atoms with Gasteiger partial charge in [0, 0.05) is 19.3 Å². The van der Waals surface area contributed by atoms with Crippen molar-refractivity contribution in [2.45, 2.75) is 147 Å². The molecule has 0 bridgehead atoms. The molecule has 26 heteroatoms. The minimum absolute atomic E-state index is 0.0370. The molecule has 2 rings (SSSR count). The van der Waals surface area contributed by atoms with Gasteiger partial charge in [0.2, 0.25) is 53.2 Å². The highest BCUT2D eigenvalue weighted by Crippen LogP contribution is 2.14. The Hall–Kier alpha value is -7.71. The molecule has 0 aromatic heterocycles. The van der Waals surface area contributed by atoms with Crippen molar-refractivity contribution in [3.63, 3.8) is 0 Å². The predicted octanol–water partition coefficient (Wildman–Crippen LogP) is -2.95. The van der Waals surface area contributed by atoms with Crippen LogP contribution in [0.15, 0.2) is 54.6 Å².